The van der Waals surface area contributed by atoms with Gasteiger partial charge in [-0.2, -0.15) is 0 Å². The molecule has 2 atom stereocenters. The summed E-state index contributed by atoms with van der Waals surface area (Å²) < 4.78 is 23.1. The van der Waals surface area contributed by atoms with Crippen molar-refractivity contribution >= 4 is 5.97 Å². The average molecular weight is 521 g/mol. The topological polar surface area (TPSA) is 54.0 Å². The van der Waals surface area contributed by atoms with Gasteiger partial charge in [-0.3, -0.25) is 0 Å². The predicted octanol–water partition coefficient (Wildman–Crippen LogP) is 7.07. The average Bonchev–Trinajstić information content (AvgIpc) is 2.99. The van der Waals surface area contributed by atoms with E-state index in [2.05, 4.69) is 54.6 Å². The molecule has 0 saturated heterocycles. The SMILES string of the molecule is CCOC(=O)/C=C/COc1ccc(C2c3ccc(OCc4ccccc4)cc3OCC2c2ccccc2)cc1. The van der Waals surface area contributed by atoms with Crippen LogP contribution in [-0.2, 0) is 16.1 Å². The van der Waals surface area contributed by atoms with Gasteiger partial charge >= 0.3 is 5.97 Å². The number of benzene rings is 4. The van der Waals surface area contributed by atoms with Crippen LogP contribution < -0.4 is 14.2 Å². The first-order valence-corrected chi connectivity index (χ1v) is 13.3. The van der Waals surface area contributed by atoms with E-state index in [0.29, 0.717) is 19.8 Å². The highest BCUT2D eigenvalue weighted by molar-refractivity contribution is 5.81. The highest BCUT2D eigenvalue weighted by atomic mass is 16.5. The molecule has 0 saturated carbocycles. The molecule has 5 nitrogen and oxygen atoms in total. The Kier molecular flexibility index (Phi) is 8.59. The molecule has 1 heterocycles. The molecule has 39 heavy (non-hydrogen) atoms. The third-order valence-corrected chi connectivity index (χ3v) is 6.74. The number of hydrogen-bond acceptors (Lipinski definition) is 5. The van der Waals surface area contributed by atoms with Crippen LogP contribution in [0.5, 0.6) is 17.2 Å². The normalized spacial score (nSPS) is 16.2. The molecular weight excluding hydrogens is 488 g/mol. The first kappa shape index (κ1) is 26.1. The number of rotatable bonds is 10. The Morgan fingerprint density at radius 1 is 0.846 bits per heavy atom. The second kappa shape index (κ2) is 12.8. The van der Waals surface area contributed by atoms with Crippen LogP contribution in [0.3, 0.4) is 0 Å². The highest BCUT2D eigenvalue weighted by Crippen LogP contribution is 2.47. The van der Waals surface area contributed by atoms with Crippen molar-refractivity contribution in [2.45, 2.75) is 25.4 Å². The molecule has 0 spiro atoms. The molecule has 5 heteroatoms. The maximum absolute atomic E-state index is 11.5. The smallest absolute Gasteiger partial charge is 0.330 e. The fraction of sp³-hybridized carbons (Fsp3) is 0.206. The Morgan fingerprint density at radius 3 is 2.31 bits per heavy atom. The number of carbonyl (C=O) groups is 1. The lowest BCUT2D eigenvalue weighted by atomic mass is 9.76. The Morgan fingerprint density at radius 2 is 1.56 bits per heavy atom. The minimum atomic E-state index is -0.366. The lowest BCUT2D eigenvalue weighted by Crippen LogP contribution is -2.25. The fourth-order valence-corrected chi connectivity index (χ4v) is 4.87. The molecule has 198 valence electrons. The van der Waals surface area contributed by atoms with E-state index in [-0.39, 0.29) is 24.4 Å². The van der Waals surface area contributed by atoms with Crippen molar-refractivity contribution in [3.63, 3.8) is 0 Å². The van der Waals surface area contributed by atoms with Crippen molar-refractivity contribution in [2.24, 2.45) is 0 Å². The van der Waals surface area contributed by atoms with E-state index in [4.69, 9.17) is 18.9 Å². The highest BCUT2D eigenvalue weighted by Gasteiger charge is 2.33. The summed E-state index contributed by atoms with van der Waals surface area (Å²) in [4.78, 5) is 11.5. The molecule has 0 aliphatic carbocycles. The summed E-state index contributed by atoms with van der Waals surface area (Å²) in [6, 6.07) is 35.0. The Bertz CT molecular complexity index is 1380. The van der Waals surface area contributed by atoms with E-state index in [1.54, 1.807) is 13.0 Å². The lowest BCUT2D eigenvalue weighted by Gasteiger charge is -2.34. The number of ether oxygens (including phenoxy) is 4. The third-order valence-electron chi connectivity index (χ3n) is 6.74. The van der Waals surface area contributed by atoms with Gasteiger partial charge in [0.25, 0.3) is 0 Å². The van der Waals surface area contributed by atoms with Crippen LogP contribution in [0, 0.1) is 0 Å². The van der Waals surface area contributed by atoms with Crippen LogP contribution in [0.4, 0.5) is 0 Å². The summed E-state index contributed by atoms with van der Waals surface area (Å²) in [5.74, 6) is 2.28. The summed E-state index contributed by atoms with van der Waals surface area (Å²) in [5.41, 5.74) is 4.67. The molecule has 0 amide bonds. The van der Waals surface area contributed by atoms with Gasteiger partial charge in [0, 0.05) is 29.5 Å². The van der Waals surface area contributed by atoms with Gasteiger partial charge < -0.3 is 18.9 Å². The van der Waals surface area contributed by atoms with Gasteiger partial charge in [-0.15, -0.1) is 0 Å². The standard InChI is InChI=1S/C34H32O5/c1-2-36-33(35)14-9-21-37-28-17-15-27(16-18-28)34-30-20-19-29(38-23-25-10-5-3-6-11-25)22-32(30)39-24-31(34)26-12-7-4-8-13-26/h3-20,22,31,34H,2,21,23-24H2,1H3/b14-9+. The maximum Gasteiger partial charge on any atom is 0.330 e. The zero-order chi connectivity index (χ0) is 26.9. The van der Waals surface area contributed by atoms with Crippen molar-refractivity contribution in [3.8, 4) is 17.2 Å². The van der Waals surface area contributed by atoms with Crippen LogP contribution in [0.1, 0.15) is 41.0 Å². The van der Waals surface area contributed by atoms with Gasteiger partial charge in [-0.1, -0.05) is 78.9 Å². The second-order valence-electron chi connectivity index (χ2n) is 9.31. The third kappa shape index (κ3) is 6.68. The van der Waals surface area contributed by atoms with Crippen molar-refractivity contribution in [3.05, 3.63) is 138 Å². The molecule has 0 radical (unpaired) electrons. The molecular formula is C34H32O5. The predicted molar refractivity (Wildman–Crippen MR) is 151 cm³/mol. The number of hydrogen-bond donors (Lipinski definition) is 0. The molecule has 0 bridgehead atoms. The van der Waals surface area contributed by atoms with Gasteiger partial charge in [-0.25, -0.2) is 4.79 Å². The lowest BCUT2D eigenvalue weighted by molar-refractivity contribution is -0.137. The molecule has 5 rings (SSSR count). The molecule has 0 aromatic heterocycles. The second-order valence-corrected chi connectivity index (χ2v) is 9.31. The van der Waals surface area contributed by atoms with Crippen molar-refractivity contribution in [1.29, 1.82) is 0 Å². The summed E-state index contributed by atoms with van der Waals surface area (Å²) in [6.45, 7) is 3.50. The zero-order valence-electron chi connectivity index (χ0n) is 22.0. The summed E-state index contributed by atoms with van der Waals surface area (Å²) >= 11 is 0. The monoisotopic (exact) mass is 520 g/mol. The first-order chi connectivity index (χ1) is 19.2. The van der Waals surface area contributed by atoms with Gasteiger partial charge in [0.15, 0.2) is 0 Å². The first-order valence-electron chi connectivity index (χ1n) is 13.3. The number of carbonyl (C=O) groups excluding carboxylic acids is 1. The van der Waals surface area contributed by atoms with Gasteiger partial charge in [0.2, 0.25) is 0 Å². The minimum absolute atomic E-state index is 0.108. The number of fused-ring (bicyclic) bond motifs is 1. The molecule has 4 aromatic rings. The molecule has 0 fully saturated rings. The molecule has 4 aromatic carbocycles. The van der Waals surface area contributed by atoms with Gasteiger partial charge in [0.05, 0.1) is 13.2 Å². The summed E-state index contributed by atoms with van der Waals surface area (Å²) in [6.07, 6.45) is 3.04. The summed E-state index contributed by atoms with van der Waals surface area (Å²) in [5, 5.41) is 0. The van der Waals surface area contributed by atoms with E-state index < -0.39 is 0 Å². The van der Waals surface area contributed by atoms with Crippen molar-refractivity contribution in [2.75, 3.05) is 19.8 Å². The maximum atomic E-state index is 11.5. The molecule has 1 aliphatic heterocycles. The fourth-order valence-electron chi connectivity index (χ4n) is 4.87. The number of esters is 1. The van der Waals surface area contributed by atoms with Crippen LogP contribution in [0.15, 0.2) is 115 Å². The van der Waals surface area contributed by atoms with Crippen molar-refractivity contribution < 1.29 is 23.7 Å². The van der Waals surface area contributed by atoms with Crippen molar-refractivity contribution in [1.82, 2.24) is 0 Å². The Hall–Kier alpha value is -4.51. The van der Waals surface area contributed by atoms with Gasteiger partial charge in [-0.05, 0) is 47.9 Å². The minimum Gasteiger partial charge on any atom is -0.492 e. The van der Waals surface area contributed by atoms with Crippen LogP contribution >= 0.6 is 0 Å². The van der Waals surface area contributed by atoms with E-state index in [1.807, 2.05) is 48.5 Å². The zero-order valence-corrected chi connectivity index (χ0v) is 22.0. The largest absolute Gasteiger partial charge is 0.492 e. The molecule has 0 N–H and O–H groups in total. The van der Waals surface area contributed by atoms with E-state index in [9.17, 15) is 4.79 Å². The van der Waals surface area contributed by atoms with E-state index in [0.717, 1.165) is 28.4 Å². The van der Waals surface area contributed by atoms with E-state index in [1.165, 1.54) is 17.2 Å². The van der Waals surface area contributed by atoms with E-state index >= 15 is 0 Å². The Labute approximate surface area is 229 Å². The van der Waals surface area contributed by atoms with Crippen LogP contribution in [0.2, 0.25) is 0 Å². The van der Waals surface area contributed by atoms with Crippen LogP contribution in [-0.4, -0.2) is 25.8 Å². The quantitative estimate of drug-likeness (QED) is 0.165. The van der Waals surface area contributed by atoms with Gasteiger partial charge in [0.1, 0.15) is 30.5 Å². The Balaban J connectivity index is 1.36. The molecule has 1 aliphatic rings. The summed E-state index contributed by atoms with van der Waals surface area (Å²) in [7, 11) is 0. The molecule has 2 unspecified atom stereocenters. The van der Waals surface area contributed by atoms with Crippen LogP contribution in [0.25, 0.3) is 0 Å².